The number of aliphatic hydroxyl groups excluding tert-OH is 1. The van der Waals surface area contributed by atoms with Crippen molar-refractivity contribution in [1.29, 1.82) is 0 Å². The lowest BCUT2D eigenvalue weighted by Gasteiger charge is -2.47. The van der Waals surface area contributed by atoms with Gasteiger partial charge in [0, 0.05) is 41.5 Å². The summed E-state index contributed by atoms with van der Waals surface area (Å²) in [5.74, 6) is 0. The number of hydrogen-bond acceptors (Lipinski definition) is 6. The lowest BCUT2D eigenvalue weighted by molar-refractivity contribution is -0.112. The molecule has 2 aromatic heterocycles. The SMILES string of the molecule is CCc1cc2c(s1)CCO[C@@]21CCN(Cc2cn(C[C@H](C)O)nn2)[C@@H](C)C1. The Morgan fingerprint density at radius 2 is 2.33 bits per heavy atom. The minimum atomic E-state index is -0.412. The summed E-state index contributed by atoms with van der Waals surface area (Å²) < 4.78 is 8.15. The van der Waals surface area contributed by atoms with Crippen LogP contribution in [0.25, 0.3) is 0 Å². The zero-order valence-electron chi connectivity index (χ0n) is 16.5. The minimum absolute atomic E-state index is 0.0999. The van der Waals surface area contributed by atoms with Gasteiger partial charge in [0.05, 0.1) is 30.6 Å². The molecule has 2 aliphatic heterocycles. The van der Waals surface area contributed by atoms with Crippen molar-refractivity contribution in [2.24, 2.45) is 0 Å². The summed E-state index contributed by atoms with van der Waals surface area (Å²) in [6, 6.07) is 2.83. The second-order valence-corrected chi connectivity index (χ2v) is 9.27. The summed E-state index contributed by atoms with van der Waals surface area (Å²) in [6.07, 6.45) is 5.77. The molecule has 2 aliphatic rings. The zero-order chi connectivity index (χ0) is 19.0. The number of aryl methyl sites for hydroxylation is 1. The van der Waals surface area contributed by atoms with Gasteiger partial charge in [-0.1, -0.05) is 12.1 Å². The van der Waals surface area contributed by atoms with E-state index < -0.39 is 6.10 Å². The predicted octanol–water partition coefficient (Wildman–Crippen LogP) is 2.74. The van der Waals surface area contributed by atoms with Gasteiger partial charge in [-0.05, 0) is 44.7 Å². The molecule has 27 heavy (non-hydrogen) atoms. The summed E-state index contributed by atoms with van der Waals surface area (Å²) in [4.78, 5) is 5.50. The van der Waals surface area contributed by atoms with Crippen molar-refractivity contribution in [2.45, 2.75) is 77.3 Å². The molecule has 0 saturated carbocycles. The van der Waals surface area contributed by atoms with Crippen LogP contribution in [-0.2, 0) is 36.3 Å². The molecule has 1 fully saturated rings. The first-order chi connectivity index (χ1) is 13.0. The van der Waals surface area contributed by atoms with Gasteiger partial charge >= 0.3 is 0 Å². The molecule has 0 unspecified atom stereocenters. The number of hydrogen-bond donors (Lipinski definition) is 1. The van der Waals surface area contributed by atoms with E-state index in [1.165, 1.54) is 10.4 Å². The largest absolute Gasteiger partial charge is 0.391 e. The molecule has 4 rings (SSSR count). The van der Waals surface area contributed by atoms with Gasteiger partial charge in [0.25, 0.3) is 0 Å². The van der Waals surface area contributed by atoms with Gasteiger partial charge in [-0.3, -0.25) is 4.90 Å². The number of piperidine rings is 1. The van der Waals surface area contributed by atoms with Crippen LogP contribution in [0.2, 0.25) is 0 Å². The highest BCUT2D eigenvalue weighted by atomic mass is 32.1. The van der Waals surface area contributed by atoms with Crippen LogP contribution in [0, 0.1) is 0 Å². The van der Waals surface area contributed by atoms with Gasteiger partial charge in [-0.15, -0.1) is 16.4 Å². The van der Waals surface area contributed by atoms with E-state index >= 15 is 0 Å². The fraction of sp³-hybridized carbons (Fsp3) is 0.700. The van der Waals surface area contributed by atoms with Gasteiger partial charge in [0.2, 0.25) is 0 Å². The number of thiophene rings is 1. The molecule has 7 heteroatoms. The molecule has 3 atom stereocenters. The van der Waals surface area contributed by atoms with Crippen LogP contribution < -0.4 is 0 Å². The number of nitrogens with zero attached hydrogens (tertiary/aromatic N) is 4. The molecule has 4 heterocycles. The monoisotopic (exact) mass is 390 g/mol. The van der Waals surface area contributed by atoms with Gasteiger partial charge in [-0.2, -0.15) is 0 Å². The summed E-state index contributed by atoms with van der Waals surface area (Å²) in [7, 11) is 0. The van der Waals surface area contributed by atoms with E-state index in [9.17, 15) is 5.11 Å². The molecular formula is C20H30N4O2S. The van der Waals surface area contributed by atoms with E-state index in [0.29, 0.717) is 12.6 Å². The van der Waals surface area contributed by atoms with E-state index in [2.05, 4.69) is 35.1 Å². The number of aliphatic hydroxyl groups is 1. The Balaban J connectivity index is 1.45. The molecule has 1 spiro atoms. The Bertz CT molecular complexity index is 787. The predicted molar refractivity (Wildman–Crippen MR) is 106 cm³/mol. The second kappa shape index (κ2) is 7.62. The Labute approximate surface area is 165 Å². The first kappa shape index (κ1) is 19.1. The Hall–Kier alpha value is -1.28. The van der Waals surface area contributed by atoms with Crippen molar-refractivity contribution < 1.29 is 9.84 Å². The van der Waals surface area contributed by atoms with Crippen LogP contribution in [0.5, 0.6) is 0 Å². The number of likely N-dealkylation sites (tertiary alicyclic amines) is 1. The van der Waals surface area contributed by atoms with Crippen LogP contribution in [-0.4, -0.2) is 50.3 Å². The third-order valence-corrected chi connectivity index (χ3v) is 7.20. The smallest absolute Gasteiger partial charge is 0.0969 e. The molecular weight excluding hydrogens is 360 g/mol. The molecule has 0 amide bonds. The van der Waals surface area contributed by atoms with Gasteiger partial charge in [-0.25, -0.2) is 4.68 Å². The topological polar surface area (TPSA) is 63.4 Å². The lowest BCUT2D eigenvalue weighted by atomic mass is 9.79. The highest BCUT2D eigenvalue weighted by molar-refractivity contribution is 7.12. The van der Waals surface area contributed by atoms with E-state index in [-0.39, 0.29) is 5.60 Å². The van der Waals surface area contributed by atoms with Crippen molar-refractivity contribution in [3.05, 3.63) is 33.3 Å². The first-order valence-electron chi connectivity index (χ1n) is 10.1. The molecule has 148 valence electrons. The molecule has 1 saturated heterocycles. The van der Waals surface area contributed by atoms with Crippen molar-refractivity contribution in [3.63, 3.8) is 0 Å². The third kappa shape index (κ3) is 3.83. The molecule has 6 nitrogen and oxygen atoms in total. The molecule has 0 aromatic carbocycles. The summed E-state index contributed by atoms with van der Waals surface area (Å²) in [5.41, 5.74) is 2.33. The minimum Gasteiger partial charge on any atom is -0.391 e. The fourth-order valence-corrected chi connectivity index (χ4v) is 5.67. The van der Waals surface area contributed by atoms with E-state index in [1.807, 2.05) is 17.5 Å². The molecule has 0 radical (unpaired) electrons. The average Bonchev–Trinajstić information content (AvgIpc) is 3.24. The highest BCUT2D eigenvalue weighted by Crippen LogP contribution is 2.46. The van der Waals surface area contributed by atoms with Crippen molar-refractivity contribution in [2.75, 3.05) is 13.2 Å². The number of rotatable bonds is 5. The quantitative estimate of drug-likeness (QED) is 0.850. The van der Waals surface area contributed by atoms with Crippen LogP contribution >= 0.6 is 11.3 Å². The number of fused-ring (bicyclic) bond motifs is 2. The zero-order valence-corrected chi connectivity index (χ0v) is 17.3. The second-order valence-electron chi connectivity index (χ2n) is 8.05. The molecule has 1 N–H and O–H groups in total. The van der Waals surface area contributed by atoms with Crippen molar-refractivity contribution in [3.8, 4) is 0 Å². The lowest BCUT2D eigenvalue weighted by Crippen LogP contribution is -2.50. The van der Waals surface area contributed by atoms with Crippen molar-refractivity contribution >= 4 is 11.3 Å². The normalized spacial score (nSPS) is 27.0. The van der Waals surface area contributed by atoms with Crippen LogP contribution in [0.15, 0.2) is 12.3 Å². The molecule has 2 aromatic rings. The number of ether oxygens (including phenoxy) is 1. The molecule has 0 aliphatic carbocycles. The van der Waals surface area contributed by atoms with Gasteiger partial charge < -0.3 is 9.84 Å². The maximum Gasteiger partial charge on any atom is 0.0969 e. The maximum atomic E-state index is 9.51. The van der Waals surface area contributed by atoms with E-state index in [1.54, 1.807) is 16.5 Å². The number of aromatic nitrogens is 3. The van der Waals surface area contributed by atoms with Crippen molar-refractivity contribution in [1.82, 2.24) is 19.9 Å². The van der Waals surface area contributed by atoms with E-state index in [0.717, 1.165) is 51.1 Å². The summed E-state index contributed by atoms with van der Waals surface area (Å²) >= 11 is 1.98. The van der Waals surface area contributed by atoms with E-state index in [4.69, 9.17) is 4.74 Å². The standard InChI is InChI=1S/C20H30N4O2S/c1-4-17-9-18-19(27-17)5-8-26-20(18)6-7-23(14(2)10-20)12-16-13-24(22-21-16)11-15(3)25/h9,13-15,25H,4-8,10-12H2,1-3H3/t14-,15-,20+/m0/s1. The summed E-state index contributed by atoms with van der Waals surface area (Å²) in [5, 5.41) is 17.9. The fourth-order valence-electron chi connectivity index (χ4n) is 4.49. The van der Waals surface area contributed by atoms with Crippen LogP contribution in [0.1, 0.15) is 54.6 Å². The Morgan fingerprint density at radius 3 is 3.07 bits per heavy atom. The first-order valence-corrected chi connectivity index (χ1v) is 10.9. The van der Waals surface area contributed by atoms with Crippen LogP contribution in [0.3, 0.4) is 0 Å². The summed E-state index contributed by atoms with van der Waals surface area (Å²) in [6.45, 7) is 9.43. The molecule has 0 bridgehead atoms. The van der Waals surface area contributed by atoms with Gasteiger partial charge in [0.1, 0.15) is 0 Å². The average molecular weight is 391 g/mol. The highest BCUT2D eigenvalue weighted by Gasteiger charge is 2.44. The van der Waals surface area contributed by atoms with Gasteiger partial charge in [0.15, 0.2) is 0 Å². The van der Waals surface area contributed by atoms with Crippen LogP contribution in [0.4, 0.5) is 0 Å². The Morgan fingerprint density at radius 1 is 1.48 bits per heavy atom. The third-order valence-electron chi connectivity index (χ3n) is 5.86. The maximum absolute atomic E-state index is 9.51. The Kier molecular flexibility index (Phi) is 5.38.